The molecule has 0 aromatic carbocycles. The van der Waals surface area contributed by atoms with Gasteiger partial charge in [0, 0.05) is 32.2 Å². The molecule has 0 atom stereocenters. The average molecular weight is 224 g/mol. The Labute approximate surface area is 96.4 Å². The lowest BCUT2D eigenvalue weighted by Gasteiger charge is -2.29. The molecule has 0 spiro atoms. The van der Waals surface area contributed by atoms with Gasteiger partial charge in [0.25, 0.3) is 0 Å². The lowest BCUT2D eigenvalue weighted by atomic mass is 10.2. The van der Waals surface area contributed by atoms with Crippen molar-refractivity contribution < 1.29 is 4.74 Å². The zero-order valence-electron chi connectivity index (χ0n) is 10.3. The summed E-state index contributed by atoms with van der Waals surface area (Å²) in [5.74, 6) is 1.23. The van der Waals surface area contributed by atoms with Gasteiger partial charge in [0.2, 0.25) is 0 Å². The summed E-state index contributed by atoms with van der Waals surface area (Å²) in [5, 5.41) is 7.71. The van der Waals surface area contributed by atoms with Gasteiger partial charge in [-0.15, -0.1) is 0 Å². The van der Waals surface area contributed by atoms with Crippen LogP contribution in [0.3, 0.4) is 0 Å². The second-order valence-corrected chi connectivity index (χ2v) is 4.14. The van der Waals surface area contributed by atoms with E-state index in [1.54, 1.807) is 0 Å². The summed E-state index contributed by atoms with van der Waals surface area (Å²) in [6, 6.07) is 0. The fourth-order valence-electron chi connectivity index (χ4n) is 2.24. The molecule has 0 bridgehead atoms. The molecule has 1 aliphatic heterocycles. The number of morpholine rings is 1. The highest BCUT2D eigenvalue weighted by atomic mass is 16.5. The third kappa shape index (κ3) is 2.05. The minimum absolute atomic E-state index is 0.809. The zero-order chi connectivity index (χ0) is 11.5. The van der Waals surface area contributed by atoms with Gasteiger partial charge in [-0.05, 0) is 14.0 Å². The maximum atomic E-state index is 5.38. The van der Waals surface area contributed by atoms with E-state index >= 15 is 0 Å². The third-order valence-corrected chi connectivity index (χ3v) is 2.98. The Morgan fingerprint density at radius 3 is 2.69 bits per heavy atom. The molecule has 1 aromatic rings. The number of nitrogens with zero attached hydrogens (tertiary/aromatic N) is 3. The van der Waals surface area contributed by atoms with E-state index < -0.39 is 0 Å². The molecule has 90 valence electrons. The first-order chi connectivity index (χ1) is 7.74. The van der Waals surface area contributed by atoms with Crippen LogP contribution in [0.25, 0.3) is 0 Å². The Hall–Kier alpha value is -1.07. The lowest BCUT2D eigenvalue weighted by Crippen LogP contribution is -2.38. The van der Waals surface area contributed by atoms with E-state index in [1.807, 2.05) is 18.8 Å². The summed E-state index contributed by atoms with van der Waals surface area (Å²) >= 11 is 0. The van der Waals surface area contributed by atoms with Gasteiger partial charge >= 0.3 is 0 Å². The van der Waals surface area contributed by atoms with E-state index in [4.69, 9.17) is 4.74 Å². The molecule has 0 saturated carbocycles. The van der Waals surface area contributed by atoms with E-state index in [0.29, 0.717) is 0 Å². The first kappa shape index (κ1) is 11.4. The van der Waals surface area contributed by atoms with Crippen LogP contribution in [0, 0.1) is 6.92 Å². The Morgan fingerprint density at radius 1 is 1.38 bits per heavy atom. The Balaban J connectivity index is 2.29. The van der Waals surface area contributed by atoms with Crippen LogP contribution in [0.5, 0.6) is 0 Å². The fourth-order valence-corrected chi connectivity index (χ4v) is 2.24. The second-order valence-electron chi connectivity index (χ2n) is 4.14. The number of aryl methyl sites for hydroxylation is 2. The van der Waals surface area contributed by atoms with Gasteiger partial charge < -0.3 is 15.0 Å². The van der Waals surface area contributed by atoms with E-state index in [1.165, 1.54) is 11.4 Å². The van der Waals surface area contributed by atoms with Crippen molar-refractivity contribution >= 4 is 5.82 Å². The highest BCUT2D eigenvalue weighted by Gasteiger charge is 2.20. The molecule has 0 aliphatic carbocycles. The standard InChI is InChI=1S/C11H20N4O/c1-9-10(8-12-2)11(14(3)13-9)15-4-6-16-7-5-15/h12H,4-8H2,1-3H3. The van der Waals surface area contributed by atoms with E-state index in [2.05, 4.69) is 22.2 Å². The van der Waals surface area contributed by atoms with Crippen LogP contribution in [-0.2, 0) is 18.3 Å². The molecule has 2 rings (SSSR count). The largest absolute Gasteiger partial charge is 0.378 e. The number of rotatable bonds is 3. The molecule has 5 nitrogen and oxygen atoms in total. The number of nitrogens with one attached hydrogen (secondary N) is 1. The first-order valence-corrected chi connectivity index (χ1v) is 5.73. The normalized spacial score (nSPS) is 16.8. The van der Waals surface area contributed by atoms with Crippen molar-refractivity contribution in [2.24, 2.45) is 7.05 Å². The summed E-state index contributed by atoms with van der Waals surface area (Å²) in [4.78, 5) is 2.36. The van der Waals surface area contributed by atoms with Crippen molar-refractivity contribution in [2.45, 2.75) is 13.5 Å². The molecule has 0 unspecified atom stereocenters. The average Bonchev–Trinajstić information content (AvgIpc) is 2.56. The molecule has 16 heavy (non-hydrogen) atoms. The maximum Gasteiger partial charge on any atom is 0.131 e. The molecule has 5 heteroatoms. The molecule has 1 saturated heterocycles. The van der Waals surface area contributed by atoms with E-state index in [0.717, 1.165) is 38.5 Å². The molecule has 1 aromatic heterocycles. The smallest absolute Gasteiger partial charge is 0.131 e. The van der Waals surface area contributed by atoms with Crippen LogP contribution in [0.4, 0.5) is 5.82 Å². The maximum absolute atomic E-state index is 5.38. The number of hydrogen-bond donors (Lipinski definition) is 1. The number of aromatic nitrogens is 2. The van der Waals surface area contributed by atoms with E-state index in [9.17, 15) is 0 Å². The Bertz CT molecular complexity index is 355. The van der Waals surface area contributed by atoms with Crippen molar-refractivity contribution in [3.05, 3.63) is 11.3 Å². The van der Waals surface area contributed by atoms with Crippen molar-refractivity contribution in [1.29, 1.82) is 0 Å². The van der Waals surface area contributed by atoms with Crippen molar-refractivity contribution in [3.63, 3.8) is 0 Å². The van der Waals surface area contributed by atoms with Gasteiger partial charge in [0.15, 0.2) is 0 Å². The molecular formula is C11H20N4O. The van der Waals surface area contributed by atoms with Gasteiger partial charge in [0.1, 0.15) is 5.82 Å². The highest BCUT2D eigenvalue weighted by molar-refractivity contribution is 5.50. The summed E-state index contributed by atoms with van der Waals surface area (Å²) in [5.41, 5.74) is 2.41. The van der Waals surface area contributed by atoms with Crippen molar-refractivity contribution in [2.75, 3.05) is 38.3 Å². The SMILES string of the molecule is CNCc1c(C)nn(C)c1N1CCOCC1. The van der Waals surface area contributed by atoms with Crippen molar-refractivity contribution in [3.8, 4) is 0 Å². The van der Waals surface area contributed by atoms with Crippen LogP contribution >= 0.6 is 0 Å². The fraction of sp³-hybridized carbons (Fsp3) is 0.727. The summed E-state index contributed by atoms with van der Waals surface area (Å²) in [6.45, 7) is 6.46. The number of anilines is 1. The minimum atomic E-state index is 0.809. The molecule has 1 fully saturated rings. The van der Waals surface area contributed by atoms with Gasteiger partial charge in [-0.2, -0.15) is 5.10 Å². The van der Waals surface area contributed by atoms with Crippen LogP contribution < -0.4 is 10.2 Å². The molecule has 1 aliphatic rings. The van der Waals surface area contributed by atoms with Gasteiger partial charge in [-0.25, -0.2) is 0 Å². The minimum Gasteiger partial charge on any atom is -0.378 e. The Morgan fingerprint density at radius 2 is 2.06 bits per heavy atom. The van der Waals surface area contributed by atoms with Gasteiger partial charge in [-0.1, -0.05) is 0 Å². The third-order valence-electron chi connectivity index (χ3n) is 2.98. The zero-order valence-corrected chi connectivity index (χ0v) is 10.3. The molecule has 2 heterocycles. The van der Waals surface area contributed by atoms with Gasteiger partial charge in [0.05, 0.1) is 18.9 Å². The monoisotopic (exact) mass is 224 g/mol. The topological polar surface area (TPSA) is 42.3 Å². The predicted molar refractivity (Wildman–Crippen MR) is 63.7 cm³/mol. The summed E-state index contributed by atoms with van der Waals surface area (Å²) in [7, 11) is 3.98. The molecule has 0 radical (unpaired) electrons. The predicted octanol–water partition coefficient (Wildman–Crippen LogP) is 0.285. The van der Waals surface area contributed by atoms with E-state index in [-0.39, 0.29) is 0 Å². The van der Waals surface area contributed by atoms with Crippen LogP contribution in [0.1, 0.15) is 11.3 Å². The number of hydrogen-bond acceptors (Lipinski definition) is 4. The summed E-state index contributed by atoms with van der Waals surface area (Å²) in [6.07, 6.45) is 0. The second kappa shape index (κ2) is 4.84. The Kier molecular flexibility index (Phi) is 3.46. The summed E-state index contributed by atoms with van der Waals surface area (Å²) < 4.78 is 7.36. The lowest BCUT2D eigenvalue weighted by molar-refractivity contribution is 0.122. The number of ether oxygens (including phenoxy) is 1. The van der Waals surface area contributed by atoms with Crippen LogP contribution in [-0.4, -0.2) is 43.1 Å². The molecule has 1 N–H and O–H groups in total. The van der Waals surface area contributed by atoms with Gasteiger partial charge in [-0.3, -0.25) is 4.68 Å². The highest BCUT2D eigenvalue weighted by Crippen LogP contribution is 2.23. The van der Waals surface area contributed by atoms with Crippen LogP contribution in [0.15, 0.2) is 0 Å². The molecular weight excluding hydrogens is 204 g/mol. The first-order valence-electron chi connectivity index (χ1n) is 5.73. The quantitative estimate of drug-likeness (QED) is 0.801. The molecule has 0 amide bonds. The van der Waals surface area contributed by atoms with Crippen molar-refractivity contribution in [1.82, 2.24) is 15.1 Å². The van der Waals surface area contributed by atoms with Crippen LogP contribution in [0.2, 0.25) is 0 Å².